The van der Waals surface area contributed by atoms with Gasteiger partial charge in [-0.2, -0.15) is 13.2 Å². The molecule has 0 aliphatic heterocycles. The van der Waals surface area contributed by atoms with E-state index in [-0.39, 0.29) is 28.4 Å². The molecule has 0 radical (unpaired) electrons. The lowest BCUT2D eigenvalue weighted by molar-refractivity contribution is -0.141. The first-order valence-electron chi connectivity index (χ1n) is 8.16. The SMILES string of the molecule is Cc1nc(C(F)(F)F)ccc1C(=O)Nc1ccc(Cl)cc1NC(=O)c1ccco1. The highest BCUT2D eigenvalue weighted by molar-refractivity contribution is 6.31. The molecule has 0 saturated carbocycles. The molecule has 2 heterocycles. The summed E-state index contributed by atoms with van der Waals surface area (Å²) in [4.78, 5) is 28.2. The molecule has 2 aromatic heterocycles. The fraction of sp³-hybridized carbons (Fsp3) is 0.105. The summed E-state index contributed by atoms with van der Waals surface area (Å²) in [6, 6.07) is 9.10. The Bertz CT molecular complexity index is 1070. The van der Waals surface area contributed by atoms with Crippen LogP contribution in [0.15, 0.2) is 53.1 Å². The Morgan fingerprint density at radius 3 is 2.38 bits per heavy atom. The predicted molar refractivity (Wildman–Crippen MR) is 100 cm³/mol. The van der Waals surface area contributed by atoms with Crippen molar-refractivity contribution >= 4 is 34.8 Å². The Hall–Kier alpha value is -3.33. The molecule has 2 N–H and O–H groups in total. The average Bonchev–Trinajstić information content (AvgIpc) is 3.18. The number of hydrogen-bond acceptors (Lipinski definition) is 4. The summed E-state index contributed by atoms with van der Waals surface area (Å²) >= 11 is 5.96. The van der Waals surface area contributed by atoms with Crippen molar-refractivity contribution in [1.29, 1.82) is 0 Å². The first kappa shape index (κ1) is 20.4. The largest absolute Gasteiger partial charge is 0.459 e. The number of nitrogens with zero attached hydrogens (tertiary/aromatic N) is 1. The molecular formula is C19H13ClF3N3O3. The summed E-state index contributed by atoms with van der Waals surface area (Å²) in [5.41, 5.74) is -0.850. The quantitative estimate of drug-likeness (QED) is 0.607. The molecule has 0 bridgehead atoms. The number of benzene rings is 1. The van der Waals surface area contributed by atoms with E-state index in [9.17, 15) is 22.8 Å². The molecule has 3 rings (SSSR count). The minimum Gasteiger partial charge on any atom is -0.459 e. The van der Waals surface area contributed by atoms with E-state index in [4.69, 9.17) is 16.0 Å². The number of furan rings is 1. The number of carbonyl (C=O) groups excluding carboxylic acids is 2. The molecule has 0 aliphatic rings. The summed E-state index contributed by atoms with van der Waals surface area (Å²) in [5.74, 6) is -1.22. The van der Waals surface area contributed by atoms with E-state index in [0.29, 0.717) is 5.02 Å². The molecule has 0 fully saturated rings. The topological polar surface area (TPSA) is 84.2 Å². The van der Waals surface area contributed by atoms with E-state index in [1.165, 1.54) is 43.5 Å². The third kappa shape index (κ3) is 4.75. The van der Waals surface area contributed by atoms with Gasteiger partial charge in [0.25, 0.3) is 11.8 Å². The summed E-state index contributed by atoms with van der Waals surface area (Å²) in [6.07, 6.45) is -3.28. The van der Waals surface area contributed by atoms with Crippen LogP contribution in [0.3, 0.4) is 0 Å². The number of aryl methyl sites for hydroxylation is 1. The predicted octanol–water partition coefficient (Wildman–Crippen LogP) is 5.16. The molecule has 3 aromatic rings. The number of alkyl halides is 3. The van der Waals surface area contributed by atoms with Gasteiger partial charge in [-0.05, 0) is 49.4 Å². The fourth-order valence-corrected chi connectivity index (χ4v) is 2.64. The smallest absolute Gasteiger partial charge is 0.433 e. The highest BCUT2D eigenvalue weighted by Crippen LogP contribution is 2.29. The van der Waals surface area contributed by atoms with Crippen LogP contribution in [0.25, 0.3) is 0 Å². The van der Waals surface area contributed by atoms with E-state index >= 15 is 0 Å². The molecule has 2 amide bonds. The van der Waals surface area contributed by atoms with Crippen LogP contribution in [0.4, 0.5) is 24.5 Å². The third-order valence-electron chi connectivity index (χ3n) is 3.84. The van der Waals surface area contributed by atoms with Gasteiger partial charge in [0.05, 0.1) is 28.9 Å². The molecule has 1 aromatic carbocycles. The monoisotopic (exact) mass is 423 g/mol. The maximum Gasteiger partial charge on any atom is 0.433 e. The van der Waals surface area contributed by atoms with Gasteiger partial charge in [-0.15, -0.1) is 0 Å². The highest BCUT2D eigenvalue weighted by Gasteiger charge is 2.33. The van der Waals surface area contributed by atoms with Crippen LogP contribution >= 0.6 is 11.6 Å². The standard InChI is InChI=1S/C19H13ClF3N3O3/c1-10-12(5-7-16(24-10)19(21,22)23)17(27)25-13-6-4-11(20)9-14(13)26-18(28)15-3-2-8-29-15/h2-9H,1H3,(H,25,27)(H,26,28). The molecule has 0 aliphatic carbocycles. The molecule has 0 saturated heterocycles. The first-order valence-corrected chi connectivity index (χ1v) is 8.53. The van der Waals surface area contributed by atoms with Gasteiger partial charge in [0.2, 0.25) is 0 Å². The number of aromatic nitrogens is 1. The van der Waals surface area contributed by atoms with Gasteiger partial charge in [-0.1, -0.05) is 11.6 Å². The van der Waals surface area contributed by atoms with Crippen molar-refractivity contribution in [2.45, 2.75) is 13.1 Å². The van der Waals surface area contributed by atoms with Crippen molar-refractivity contribution < 1.29 is 27.2 Å². The first-order chi connectivity index (χ1) is 13.6. The summed E-state index contributed by atoms with van der Waals surface area (Å²) in [7, 11) is 0. The highest BCUT2D eigenvalue weighted by atomic mass is 35.5. The zero-order valence-electron chi connectivity index (χ0n) is 14.8. The molecule has 150 valence electrons. The number of amides is 2. The van der Waals surface area contributed by atoms with Crippen LogP contribution in [0.2, 0.25) is 5.02 Å². The van der Waals surface area contributed by atoms with Gasteiger partial charge in [-0.25, -0.2) is 4.98 Å². The van der Waals surface area contributed by atoms with Gasteiger partial charge < -0.3 is 15.1 Å². The van der Waals surface area contributed by atoms with Gasteiger partial charge in [0.1, 0.15) is 5.69 Å². The van der Waals surface area contributed by atoms with E-state index in [0.717, 1.165) is 12.1 Å². The Balaban J connectivity index is 1.85. The van der Waals surface area contributed by atoms with Crippen molar-refractivity contribution in [3.8, 4) is 0 Å². The second kappa shape index (κ2) is 7.96. The zero-order chi connectivity index (χ0) is 21.2. The second-order valence-corrected chi connectivity index (χ2v) is 6.34. The van der Waals surface area contributed by atoms with Crippen LogP contribution in [0, 0.1) is 6.92 Å². The maximum absolute atomic E-state index is 12.8. The van der Waals surface area contributed by atoms with Gasteiger partial charge in [-0.3, -0.25) is 9.59 Å². The molecule has 29 heavy (non-hydrogen) atoms. The van der Waals surface area contributed by atoms with E-state index in [1.54, 1.807) is 0 Å². The van der Waals surface area contributed by atoms with Crippen LogP contribution in [-0.2, 0) is 6.18 Å². The Morgan fingerprint density at radius 1 is 1.03 bits per heavy atom. The average molecular weight is 424 g/mol. The number of pyridine rings is 1. The van der Waals surface area contributed by atoms with Gasteiger partial charge in [0, 0.05) is 5.02 Å². The summed E-state index contributed by atoms with van der Waals surface area (Å²) < 4.78 is 43.3. The summed E-state index contributed by atoms with van der Waals surface area (Å²) in [5, 5.41) is 5.39. The number of nitrogens with one attached hydrogen (secondary N) is 2. The maximum atomic E-state index is 12.8. The van der Waals surface area contributed by atoms with Crippen molar-refractivity contribution in [3.63, 3.8) is 0 Å². The van der Waals surface area contributed by atoms with Gasteiger partial charge in [0.15, 0.2) is 5.76 Å². The fourth-order valence-electron chi connectivity index (χ4n) is 2.47. The molecule has 10 heteroatoms. The van der Waals surface area contributed by atoms with E-state index in [1.807, 2.05) is 0 Å². The normalized spacial score (nSPS) is 11.2. The van der Waals surface area contributed by atoms with Crippen LogP contribution in [-0.4, -0.2) is 16.8 Å². The summed E-state index contributed by atoms with van der Waals surface area (Å²) in [6.45, 7) is 1.30. The lowest BCUT2D eigenvalue weighted by Gasteiger charge is -2.14. The van der Waals surface area contributed by atoms with Crippen molar-refractivity contribution in [1.82, 2.24) is 4.98 Å². The number of rotatable bonds is 4. The van der Waals surface area contributed by atoms with Crippen molar-refractivity contribution in [2.24, 2.45) is 0 Å². The van der Waals surface area contributed by atoms with Crippen LogP contribution < -0.4 is 10.6 Å². The Labute approximate surface area is 167 Å². The lowest BCUT2D eigenvalue weighted by Crippen LogP contribution is -2.18. The number of anilines is 2. The van der Waals surface area contributed by atoms with Crippen molar-refractivity contribution in [2.75, 3.05) is 10.6 Å². The van der Waals surface area contributed by atoms with Gasteiger partial charge >= 0.3 is 6.18 Å². The van der Waals surface area contributed by atoms with E-state index in [2.05, 4.69) is 15.6 Å². The number of hydrogen-bond donors (Lipinski definition) is 2. The molecule has 0 spiro atoms. The molecular weight excluding hydrogens is 411 g/mol. The van der Waals surface area contributed by atoms with Crippen LogP contribution in [0.5, 0.6) is 0 Å². The Kier molecular flexibility index (Phi) is 5.60. The minimum absolute atomic E-state index is 0.0451. The molecule has 0 atom stereocenters. The number of halogens is 4. The minimum atomic E-state index is -4.61. The second-order valence-electron chi connectivity index (χ2n) is 5.90. The van der Waals surface area contributed by atoms with Crippen molar-refractivity contribution in [3.05, 3.63) is 76.5 Å². The van der Waals surface area contributed by atoms with E-state index < -0.39 is 23.7 Å². The van der Waals surface area contributed by atoms with Crippen LogP contribution in [0.1, 0.15) is 32.3 Å². The third-order valence-corrected chi connectivity index (χ3v) is 4.08. The number of carbonyl (C=O) groups is 2. The Morgan fingerprint density at radius 2 is 1.76 bits per heavy atom. The lowest BCUT2D eigenvalue weighted by atomic mass is 10.1. The molecule has 6 nitrogen and oxygen atoms in total. The zero-order valence-corrected chi connectivity index (χ0v) is 15.6. The molecule has 0 unspecified atom stereocenters.